The number of aliphatic carboxylic acids is 1. The second-order valence-corrected chi connectivity index (χ2v) is 6.35. The summed E-state index contributed by atoms with van der Waals surface area (Å²) in [6.07, 6.45) is 1.48. The molecule has 2 heterocycles. The predicted molar refractivity (Wildman–Crippen MR) is 79.1 cm³/mol. The standard InChI is InChI=1S/C13H16BrNO4S/c14-10-4-8-20-12(10)13(18)15(5-1-11(16)17)9-2-6-19-7-3-9/h4,8-9H,1-3,5-7H2,(H,16,17). The van der Waals surface area contributed by atoms with Gasteiger partial charge in [0.1, 0.15) is 4.88 Å². The van der Waals surface area contributed by atoms with Gasteiger partial charge >= 0.3 is 5.97 Å². The Bertz CT molecular complexity index is 484. The average Bonchev–Trinajstić information content (AvgIpc) is 2.86. The van der Waals surface area contributed by atoms with E-state index in [1.807, 2.05) is 11.4 Å². The number of rotatable bonds is 5. The van der Waals surface area contributed by atoms with Crippen LogP contribution in [0.15, 0.2) is 15.9 Å². The molecule has 0 aromatic carbocycles. The van der Waals surface area contributed by atoms with Gasteiger partial charge < -0.3 is 14.7 Å². The summed E-state index contributed by atoms with van der Waals surface area (Å²) in [6, 6.07) is 1.89. The van der Waals surface area contributed by atoms with Crippen LogP contribution in [-0.4, -0.2) is 47.7 Å². The van der Waals surface area contributed by atoms with Gasteiger partial charge in [-0.3, -0.25) is 9.59 Å². The molecule has 1 aliphatic heterocycles. The van der Waals surface area contributed by atoms with E-state index in [1.54, 1.807) is 4.90 Å². The first kappa shape index (κ1) is 15.5. The molecular weight excluding hydrogens is 346 g/mol. The Morgan fingerprint density at radius 1 is 1.45 bits per heavy atom. The lowest BCUT2D eigenvalue weighted by atomic mass is 10.1. The molecule has 2 rings (SSSR count). The lowest BCUT2D eigenvalue weighted by Crippen LogP contribution is -2.44. The second kappa shape index (κ2) is 7.19. The SMILES string of the molecule is O=C(O)CCN(C(=O)c1sccc1Br)C1CCOCC1. The number of hydrogen-bond acceptors (Lipinski definition) is 4. The van der Waals surface area contributed by atoms with Gasteiger partial charge in [-0.1, -0.05) is 0 Å². The van der Waals surface area contributed by atoms with E-state index in [0.717, 1.165) is 17.3 Å². The van der Waals surface area contributed by atoms with Crippen LogP contribution in [-0.2, 0) is 9.53 Å². The fourth-order valence-electron chi connectivity index (χ4n) is 2.24. The largest absolute Gasteiger partial charge is 0.481 e. The van der Waals surface area contributed by atoms with Gasteiger partial charge in [0, 0.05) is 30.3 Å². The minimum Gasteiger partial charge on any atom is -0.481 e. The van der Waals surface area contributed by atoms with Gasteiger partial charge in [0.2, 0.25) is 0 Å². The normalized spacial score (nSPS) is 16.1. The summed E-state index contributed by atoms with van der Waals surface area (Å²) in [5, 5.41) is 10.7. The van der Waals surface area contributed by atoms with E-state index in [0.29, 0.717) is 18.1 Å². The molecule has 1 N–H and O–H groups in total. The maximum absolute atomic E-state index is 12.6. The molecule has 0 saturated carbocycles. The lowest BCUT2D eigenvalue weighted by molar-refractivity contribution is -0.137. The van der Waals surface area contributed by atoms with Gasteiger partial charge in [-0.15, -0.1) is 11.3 Å². The number of hydrogen-bond donors (Lipinski definition) is 1. The van der Waals surface area contributed by atoms with Gasteiger partial charge in [-0.25, -0.2) is 0 Å². The number of carboxylic acids is 1. The minimum atomic E-state index is -0.889. The molecule has 5 nitrogen and oxygen atoms in total. The number of amides is 1. The third-order valence-electron chi connectivity index (χ3n) is 3.27. The fourth-order valence-corrected chi connectivity index (χ4v) is 3.74. The van der Waals surface area contributed by atoms with Crippen LogP contribution in [0.3, 0.4) is 0 Å². The van der Waals surface area contributed by atoms with Gasteiger partial charge in [0.25, 0.3) is 5.91 Å². The van der Waals surface area contributed by atoms with Crippen LogP contribution in [0.25, 0.3) is 0 Å². The van der Waals surface area contributed by atoms with E-state index in [9.17, 15) is 9.59 Å². The molecule has 0 bridgehead atoms. The first-order chi connectivity index (χ1) is 9.59. The highest BCUT2D eigenvalue weighted by atomic mass is 79.9. The monoisotopic (exact) mass is 361 g/mol. The molecule has 110 valence electrons. The molecule has 7 heteroatoms. The first-order valence-electron chi connectivity index (χ1n) is 6.43. The second-order valence-electron chi connectivity index (χ2n) is 4.58. The zero-order valence-corrected chi connectivity index (χ0v) is 13.3. The maximum atomic E-state index is 12.6. The first-order valence-corrected chi connectivity index (χ1v) is 8.10. The highest BCUT2D eigenvalue weighted by molar-refractivity contribution is 9.10. The average molecular weight is 362 g/mol. The van der Waals surface area contributed by atoms with Gasteiger partial charge in [0.05, 0.1) is 6.42 Å². The third kappa shape index (κ3) is 3.80. The Balaban J connectivity index is 2.14. The molecule has 0 spiro atoms. The molecule has 0 aliphatic carbocycles. The Kier molecular flexibility index (Phi) is 5.56. The van der Waals surface area contributed by atoms with Gasteiger partial charge in [-0.2, -0.15) is 0 Å². The van der Waals surface area contributed by atoms with Crippen LogP contribution >= 0.6 is 27.3 Å². The molecule has 0 radical (unpaired) electrons. The molecule has 1 aromatic heterocycles. The summed E-state index contributed by atoms with van der Waals surface area (Å²) in [5.74, 6) is -0.986. The Hall–Kier alpha value is -0.920. The summed E-state index contributed by atoms with van der Waals surface area (Å²) in [7, 11) is 0. The molecule has 1 amide bonds. The lowest BCUT2D eigenvalue weighted by Gasteiger charge is -2.34. The Morgan fingerprint density at radius 2 is 2.15 bits per heavy atom. The molecule has 1 aromatic rings. The summed E-state index contributed by atoms with van der Waals surface area (Å²) < 4.78 is 6.07. The van der Waals surface area contributed by atoms with Crippen molar-refractivity contribution in [3.63, 3.8) is 0 Å². The highest BCUT2D eigenvalue weighted by Crippen LogP contribution is 2.26. The fraction of sp³-hybridized carbons (Fsp3) is 0.538. The minimum absolute atomic E-state index is 0.0356. The van der Waals surface area contributed by atoms with Gasteiger partial charge in [-0.05, 0) is 40.2 Å². The number of ether oxygens (including phenoxy) is 1. The van der Waals surface area contributed by atoms with Crippen molar-refractivity contribution in [3.8, 4) is 0 Å². The third-order valence-corrected chi connectivity index (χ3v) is 5.10. The number of nitrogens with zero attached hydrogens (tertiary/aromatic N) is 1. The maximum Gasteiger partial charge on any atom is 0.305 e. The summed E-state index contributed by atoms with van der Waals surface area (Å²) in [6.45, 7) is 1.48. The van der Waals surface area contributed by atoms with Crippen LogP contribution in [0.1, 0.15) is 28.9 Å². The van der Waals surface area contributed by atoms with E-state index in [-0.39, 0.29) is 24.9 Å². The van der Waals surface area contributed by atoms with E-state index in [2.05, 4.69) is 15.9 Å². The summed E-state index contributed by atoms with van der Waals surface area (Å²) in [4.78, 5) is 25.7. The predicted octanol–water partition coefficient (Wildman–Crippen LogP) is 2.61. The molecule has 1 saturated heterocycles. The van der Waals surface area contributed by atoms with E-state index < -0.39 is 5.97 Å². The summed E-state index contributed by atoms with van der Waals surface area (Å²) in [5.41, 5.74) is 0. The molecule has 1 fully saturated rings. The van der Waals surface area contributed by atoms with Crippen LogP contribution in [0.2, 0.25) is 0 Å². The van der Waals surface area contributed by atoms with Crippen molar-refractivity contribution in [2.24, 2.45) is 0 Å². The van der Waals surface area contributed by atoms with Crippen LogP contribution in [0.4, 0.5) is 0 Å². The van der Waals surface area contributed by atoms with E-state index in [4.69, 9.17) is 9.84 Å². The Morgan fingerprint density at radius 3 is 2.70 bits per heavy atom. The van der Waals surface area contributed by atoms with Gasteiger partial charge in [0.15, 0.2) is 0 Å². The quantitative estimate of drug-likeness (QED) is 0.875. The summed E-state index contributed by atoms with van der Waals surface area (Å²) >= 11 is 4.73. The smallest absolute Gasteiger partial charge is 0.305 e. The number of carbonyl (C=O) groups is 2. The topological polar surface area (TPSA) is 66.8 Å². The van der Waals surface area contributed by atoms with Crippen molar-refractivity contribution in [1.29, 1.82) is 0 Å². The number of carboxylic acid groups (broad SMARTS) is 1. The molecule has 0 unspecified atom stereocenters. The number of thiophene rings is 1. The highest BCUT2D eigenvalue weighted by Gasteiger charge is 2.28. The van der Waals surface area contributed by atoms with E-state index in [1.165, 1.54) is 11.3 Å². The van der Waals surface area contributed by atoms with E-state index >= 15 is 0 Å². The Labute approximate surface area is 129 Å². The zero-order chi connectivity index (χ0) is 14.5. The van der Waals surface area contributed by atoms with Crippen LogP contribution < -0.4 is 0 Å². The molecule has 20 heavy (non-hydrogen) atoms. The van der Waals surface area contributed by atoms with Crippen LogP contribution in [0.5, 0.6) is 0 Å². The molecule has 1 aliphatic rings. The number of carbonyl (C=O) groups excluding carboxylic acids is 1. The van der Waals surface area contributed by atoms with Crippen molar-refractivity contribution in [1.82, 2.24) is 4.90 Å². The van der Waals surface area contributed by atoms with Crippen molar-refractivity contribution in [2.75, 3.05) is 19.8 Å². The zero-order valence-electron chi connectivity index (χ0n) is 10.9. The molecule has 0 atom stereocenters. The van der Waals surface area contributed by atoms with Crippen molar-refractivity contribution in [3.05, 3.63) is 20.8 Å². The van der Waals surface area contributed by atoms with Crippen LogP contribution in [0, 0.1) is 0 Å². The molecular formula is C13H16BrNO4S. The van der Waals surface area contributed by atoms with Crippen molar-refractivity contribution in [2.45, 2.75) is 25.3 Å². The number of halogens is 1. The van der Waals surface area contributed by atoms with Crippen molar-refractivity contribution >= 4 is 39.1 Å². The van der Waals surface area contributed by atoms with Crippen molar-refractivity contribution < 1.29 is 19.4 Å².